The van der Waals surface area contributed by atoms with Gasteiger partial charge in [-0.05, 0) is 36.6 Å². The number of aliphatic hydroxyl groups excluding tert-OH is 1. The Morgan fingerprint density at radius 1 is 1.03 bits per heavy atom. The first-order valence-corrected chi connectivity index (χ1v) is 10.4. The van der Waals surface area contributed by atoms with Crippen molar-refractivity contribution < 1.29 is 23.0 Å². The smallest absolute Gasteiger partial charge is 0.387 e. The third-order valence-electron chi connectivity index (χ3n) is 5.16. The van der Waals surface area contributed by atoms with Crippen molar-refractivity contribution >= 4 is 0 Å². The minimum absolute atomic E-state index is 0.0789. The van der Waals surface area contributed by atoms with Gasteiger partial charge in [0, 0.05) is 25.3 Å². The predicted octanol–water partition coefficient (Wildman–Crippen LogP) is 4.96. The number of nitrogens with zero attached hydrogens (tertiary/aromatic N) is 1. The molecule has 0 bridgehead atoms. The van der Waals surface area contributed by atoms with E-state index in [9.17, 15) is 18.3 Å². The molecule has 0 saturated heterocycles. The van der Waals surface area contributed by atoms with E-state index < -0.39 is 18.0 Å². The van der Waals surface area contributed by atoms with Crippen molar-refractivity contribution in [3.63, 3.8) is 0 Å². The largest absolute Gasteiger partial charge is 0.433 e. The van der Waals surface area contributed by atoms with Gasteiger partial charge >= 0.3 is 6.18 Å². The van der Waals surface area contributed by atoms with Crippen LogP contribution in [-0.2, 0) is 17.3 Å². The van der Waals surface area contributed by atoms with Crippen LogP contribution in [0.1, 0.15) is 28.5 Å². The van der Waals surface area contributed by atoms with Gasteiger partial charge in [0.2, 0.25) is 0 Å². The molecule has 2 aromatic carbocycles. The minimum atomic E-state index is -4.62. The van der Waals surface area contributed by atoms with E-state index in [1.165, 1.54) is 6.07 Å². The van der Waals surface area contributed by atoms with Crippen molar-refractivity contribution in [2.24, 2.45) is 0 Å². The summed E-state index contributed by atoms with van der Waals surface area (Å²) in [6.45, 7) is 2.38. The van der Waals surface area contributed by atoms with Crippen LogP contribution in [0.2, 0.25) is 0 Å². The molecule has 7 heteroatoms. The lowest BCUT2D eigenvalue weighted by Gasteiger charge is -2.21. The summed E-state index contributed by atoms with van der Waals surface area (Å²) in [7, 11) is 1.59. The third-order valence-corrected chi connectivity index (χ3v) is 5.16. The first-order chi connectivity index (χ1) is 15.3. The SMILES string of the molecule is COC[C@H](Cc1ccccc1)NC[C@@H](O)c1cc(-c2ccc(C)cc2)nc(C(F)(F)F)c1. The molecule has 170 valence electrons. The number of pyridine rings is 1. The minimum Gasteiger partial charge on any atom is -0.387 e. The van der Waals surface area contributed by atoms with E-state index in [0.29, 0.717) is 18.6 Å². The van der Waals surface area contributed by atoms with Crippen molar-refractivity contribution in [2.45, 2.75) is 31.7 Å². The monoisotopic (exact) mass is 444 g/mol. The molecule has 0 aliphatic rings. The number of alkyl halides is 3. The number of rotatable bonds is 9. The van der Waals surface area contributed by atoms with E-state index in [1.807, 2.05) is 49.4 Å². The van der Waals surface area contributed by atoms with Crippen molar-refractivity contribution in [2.75, 3.05) is 20.3 Å². The zero-order valence-electron chi connectivity index (χ0n) is 18.1. The summed E-state index contributed by atoms with van der Waals surface area (Å²) < 4.78 is 45.7. The number of nitrogens with one attached hydrogen (secondary N) is 1. The number of benzene rings is 2. The molecule has 0 aliphatic heterocycles. The topological polar surface area (TPSA) is 54.4 Å². The Morgan fingerprint density at radius 2 is 1.72 bits per heavy atom. The van der Waals surface area contributed by atoms with Gasteiger partial charge in [0.25, 0.3) is 0 Å². The molecule has 0 saturated carbocycles. The Hall–Kier alpha value is -2.74. The van der Waals surface area contributed by atoms with Crippen molar-refractivity contribution in [1.82, 2.24) is 10.3 Å². The highest BCUT2D eigenvalue weighted by Gasteiger charge is 2.34. The van der Waals surface area contributed by atoms with E-state index >= 15 is 0 Å². The molecule has 3 aromatic rings. The Kier molecular flexibility index (Phi) is 8.01. The van der Waals surface area contributed by atoms with Crippen LogP contribution in [0, 0.1) is 6.92 Å². The number of ether oxygens (including phenoxy) is 1. The van der Waals surface area contributed by atoms with Crippen molar-refractivity contribution in [3.05, 3.63) is 89.1 Å². The lowest BCUT2D eigenvalue weighted by molar-refractivity contribution is -0.141. The number of aliphatic hydroxyl groups is 1. The second-order valence-corrected chi connectivity index (χ2v) is 7.80. The van der Waals surface area contributed by atoms with Crippen LogP contribution in [0.25, 0.3) is 11.3 Å². The molecule has 2 atom stereocenters. The van der Waals surface area contributed by atoms with E-state index in [1.54, 1.807) is 19.2 Å². The molecule has 0 radical (unpaired) electrons. The van der Waals surface area contributed by atoms with Gasteiger partial charge in [-0.15, -0.1) is 0 Å². The van der Waals surface area contributed by atoms with Gasteiger partial charge in [-0.25, -0.2) is 4.98 Å². The average molecular weight is 444 g/mol. The normalized spacial score (nSPS) is 13.7. The van der Waals surface area contributed by atoms with E-state index in [0.717, 1.165) is 17.2 Å². The summed E-state index contributed by atoms with van der Waals surface area (Å²) >= 11 is 0. The summed E-state index contributed by atoms with van der Waals surface area (Å²) in [4.78, 5) is 3.79. The van der Waals surface area contributed by atoms with Crippen molar-refractivity contribution in [3.8, 4) is 11.3 Å². The van der Waals surface area contributed by atoms with Gasteiger partial charge in [-0.2, -0.15) is 13.2 Å². The number of aryl methyl sites for hydroxylation is 1. The Balaban J connectivity index is 1.80. The summed E-state index contributed by atoms with van der Waals surface area (Å²) in [6, 6.07) is 19.2. The number of aromatic nitrogens is 1. The van der Waals surface area contributed by atoms with Crippen LogP contribution < -0.4 is 5.32 Å². The van der Waals surface area contributed by atoms with Crippen LogP contribution in [0.3, 0.4) is 0 Å². The Labute approximate surface area is 186 Å². The molecule has 4 nitrogen and oxygen atoms in total. The lowest BCUT2D eigenvalue weighted by atomic mass is 10.0. The van der Waals surface area contributed by atoms with Crippen LogP contribution in [0.15, 0.2) is 66.7 Å². The number of halogens is 3. The van der Waals surface area contributed by atoms with Gasteiger partial charge in [0.15, 0.2) is 0 Å². The zero-order chi connectivity index (χ0) is 23.1. The second-order valence-electron chi connectivity index (χ2n) is 7.80. The standard InChI is InChI=1S/C25H27F3N2O2/c1-17-8-10-19(11-9-17)22-13-20(14-24(30-22)25(26,27)28)23(31)15-29-21(16-32-2)12-18-6-4-3-5-7-18/h3-11,13-14,21,23,29,31H,12,15-16H2,1-2H3/t21-,23+/m0/s1. The maximum atomic E-state index is 13.5. The van der Waals surface area contributed by atoms with Gasteiger partial charge < -0.3 is 15.2 Å². The van der Waals surface area contributed by atoms with E-state index in [4.69, 9.17) is 4.74 Å². The fourth-order valence-electron chi connectivity index (χ4n) is 3.45. The fourth-order valence-corrected chi connectivity index (χ4v) is 3.45. The first-order valence-electron chi connectivity index (χ1n) is 10.4. The van der Waals surface area contributed by atoms with Gasteiger partial charge in [0.1, 0.15) is 5.69 Å². The summed E-state index contributed by atoms with van der Waals surface area (Å²) in [6.07, 6.45) is -5.09. The Morgan fingerprint density at radius 3 is 2.34 bits per heavy atom. The lowest BCUT2D eigenvalue weighted by Crippen LogP contribution is -2.38. The summed E-state index contributed by atoms with van der Waals surface area (Å²) in [5.41, 5.74) is 1.96. The van der Waals surface area contributed by atoms with Gasteiger partial charge in [-0.1, -0.05) is 60.2 Å². The Bertz CT molecular complexity index is 992. The molecule has 2 N–H and O–H groups in total. The van der Waals surface area contributed by atoms with Crippen LogP contribution >= 0.6 is 0 Å². The molecule has 1 aromatic heterocycles. The molecule has 0 fully saturated rings. The predicted molar refractivity (Wildman–Crippen MR) is 118 cm³/mol. The summed E-state index contributed by atoms with van der Waals surface area (Å²) in [5.74, 6) is 0. The van der Waals surface area contributed by atoms with Crippen LogP contribution in [0.4, 0.5) is 13.2 Å². The highest BCUT2D eigenvalue weighted by atomic mass is 19.4. The molecular weight excluding hydrogens is 417 g/mol. The van der Waals surface area contributed by atoms with E-state index in [2.05, 4.69) is 10.3 Å². The molecular formula is C25H27F3N2O2. The molecule has 32 heavy (non-hydrogen) atoms. The highest BCUT2D eigenvalue weighted by Crippen LogP contribution is 2.32. The average Bonchev–Trinajstić information content (AvgIpc) is 2.77. The molecule has 0 unspecified atom stereocenters. The maximum Gasteiger partial charge on any atom is 0.433 e. The van der Waals surface area contributed by atoms with Crippen molar-refractivity contribution in [1.29, 1.82) is 0 Å². The summed E-state index contributed by atoms with van der Waals surface area (Å²) in [5, 5.41) is 13.9. The fraction of sp³-hybridized carbons (Fsp3) is 0.320. The number of hydrogen-bond acceptors (Lipinski definition) is 4. The molecule has 0 aliphatic carbocycles. The van der Waals surface area contributed by atoms with Gasteiger partial charge in [-0.3, -0.25) is 0 Å². The maximum absolute atomic E-state index is 13.5. The highest BCUT2D eigenvalue weighted by molar-refractivity contribution is 5.61. The number of methoxy groups -OCH3 is 1. The second kappa shape index (κ2) is 10.7. The molecule has 0 spiro atoms. The van der Waals surface area contributed by atoms with Crippen LogP contribution in [-0.4, -0.2) is 36.4 Å². The number of hydrogen-bond donors (Lipinski definition) is 2. The molecule has 1 heterocycles. The third kappa shape index (κ3) is 6.63. The zero-order valence-corrected chi connectivity index (χ0v) is 18.1. The van der Waals surface area contributed by atoms with Gasteiger partial charge in [0.05, 0.1) is 18.4 Å². The quantitative estimate of drug-likeness (QED) is 0.490. The van der Waals surface area contributed by atoms with E-state index in [-0.39, 0.29) is 23.8 Å². The first kappa shape index (κ1) is 23.9. The molecule has 0 amide bonds. The van der Waals surface area contributed by atoms with Crippen LogP contribution in [0.5, 0.6) is 0 Å². The molecule has 3 rings (SSSR count).